The third kappa shape index (κ3) is 4.35. The molecule has 0 spiro atoms. The summed E-state index contributed by atoms with van der Waals surface area (Å²) in [4.78, 5) is 6.96. The van der Waals surface area contributed by atoms with Gasteiger partial charge in [0.2, 0.25) is 0 Å². The van der Waals surface area contributed by atoms with Crippen LogP contribution in [0, 0.1) is 11.3 Å². The molecule has 134 valence electrons. The first-order valence-electron chi connectivity index (χ1n) is 9.60. The average Bonchev–Trinajstić information content (AvgIpc) is 2.58. The van der Waals surface area contributed by atoms with Crippen molar-refractivity contribution in [3.63, 3.8) is 0 Å². The van der Waals surface area contributed by atoms with Gasteiger partial charge in [-0.3, -0.25) is 9.88 Å². The Morgan fingerprint density at radius 3 is 2.92 bits per heavy atom. The van der Waals surface area contributed by atoms with Crippen LogP contribution >= 0.6 is 0 Å². The SMILES string of the molecule is CC1CN(Cc2ccccn2)CCC1NCC1(C)CCCCC1O. The van der Waals surface area contributed by atoms with E-state index in [2.05, 4.69) is 41.2 Å². The molecular formula is C20H33N3O. The van der Waals surface area contributed by atoms with Crippen LogP contribution in [0.3, 0.4) is 0 Å². The maximum Gasteiger partial charge on any atom is 0.0605 e. The number of aliphatic hydroxyl groups is 1. The van der Waals surface area contributed by atoms with Crippen molar-refractivity contribution >= 4 is 0 Å². The summed E-state index contributed by atoms with van der Waals surface area (Å²) in [5, 5.41) is 14.2. The minimum absolute atomic E-state index is 0.0586. The molecule has 0 aromatic carbocycles. The molecule has 1 aliphatic carbocycles. The molecule has 1 saturated heterocycles. The lowest BCUT2D eigenvalue weighted by Gasteiger charge is -2.42. The molecule has 4 nitrogen and oxygen atoms in total. The highest BCUT2D eigenvalue weighted by Crippen LogP contribution is 2.36. The van der Waals surface area contributed by atoms with E-state index < -0.39 is 0 Å². The van der Waals surface area contributed by atoms with Crippen molar-refractivity contribution in [2.24, 2.45) is 11.3 Å². The van der Waals surface area contributed by atoms with E-state index in [1.54, 1.807) is 0 Å². The van der Waals surface area contributed by atoms with Crippen molar-refractivity contribution in [3.05, 3.63) is 30.1 Å². The number of nitrogens with one attached hydrogen (secondary N) is 1. The summed E-state index contributed by atoms with van der Waals surface area (Å²) >= 11 is 0. The molecular weight excluding hydrogens is 298 g/mol. The van der Waals surface area contributed by atoms with Gasteiger partial charge in [-0.2, -0.15) is 0 Å². The highest BCUT2D eigenvalue weighted by Gasteiger charge is 2.36. The largest absolute Gasteiger partial charge is 0.393 e. The topological polar surface area (TPSA) is 48.4 Å². The van der Waals surface area contributed by atoms with Crippen LogP contribution < -0.4 is 5.32 Å². The monoisotopic (exact) mass is 331 g/mol. The van der Waals surface area contributed by atoms with Crippen molar-refractivity contribution < 1.29 is 5.11 Å². The molecule has 0 bridgehead atoms. The number of hydrogen-bond acceptors (Lipinski definition) is 4. The fourth-order valence-corrected chi connectivity index (χ4v) is 4.35. The summed E-state index contributed by atoms with van der Waals surface area (Å²) in [6.45, 7) is 8.75. The van der Waals surface area contributed by atoms with E-state index in [0.717, 1.165) is 44.7 Å². The molecule has 2 aliphatic rings. The van der Waals surface area contributed by atoms with E-state index >= 15 is 0 Å². The fraction of sp³-hybridized carbons (Fsp3) is 0.750. The molecule has 2 N–H and O–H groups in total. The van der Waals surface area contributed by atoms with E-state index in [4.69, 9.17) is 0 Å². The summed E-state index contributed by atoms with van der Waals surface area (Å²) in [6, 6.07) is 6.72. The minimum atomic E-state index is -0.140. The van der Waals surface area contributed by atoms with Crippen molar-refractivity contribution in [2.45, 2.75) is 64.6 Å². The Hall–Kier alpha value is -0.970. The van der Waals surface area contributed by atoms with Crippen molar-refractivity contribution in [1.29, 1.82) is 0 Å². The van der Waals surface area contributed by atoms with Crippen LogP contribution in [0.15, 0.2) is 24.4 Å². The van der Waals surface area contributed by atoms with Crippen LogP contribution in [0.2, 0.25) is 0 Å². The maximum absolute atomic E-state index is 10.4. The summed E-state index contributed by atoms with van der Waals surface area (Å²) in [5.41, 5.74) is 1.22. The number of hydrogen-bond donors (Lipinski definition) is 2. The molecule has 4 unspecified atom stereocenters. The first-order chi connectivity index (χ1) is 11.6. The second kappa shape index (κ2) is 7.94. The molecule has 0 radical (unpaired) electrons. The van der Waals surface area contributed by atoms with Gasteiger partial charge in [0, 0.05) is 43.8 Å². The Morgan fingerprint density at radius 1 is 1.33 bits per heavy atom. The maximum atomic E-state index is 10.4. The van der Waals surface area contributed by atoms with Gasteiger partial charge in [0.15, 0.2) is 0 Å². The van der Waals surface area contributed by atoms with Crippen LogP contribution in [-0.4, -0.2) is 46.8 Å². The van der Waals surface area contributed by atoms with Crippen LogP contribution in [0.25, 0.3) is 0 Å². The number of aliphatic hydroxyl groups excluding tert-OH is 1. The fourth-order valence-electron chi connectivity index (χ4n) is 4.35. The molecule has 4 atom stereocenters. The summed E-state index contributed by atoms with van der Waals surface area (Å²) < 4.78 is 0. The van der Waals surface area contributed by atoms with Gasteiger partial charge >= 0.3 is 0 Å². The highest BCUT2D eigenvalue weighted by molar-refractivity contribution is 5.03. The lowest BCUT2D eigenvalue weighted by Crippen LogP contribution is -2.52. The zero-order valence-electron chi connectivity index (χ0n) is 15.2. The van der Waals surface area contributed by atoms with Gasteiger partial charge in [-0.05, 0) is 37.3 Å². The molecule has 3 rings (SSSR count). The molecule has 4 heteroatoms. The molecule has 2 fully saturated rings. The summed E-state index contributed by atoms with van der Waals surface area (Å²) in [7, 11) is 0. The van der Waals surface area contributed by atoms with Gasteiger partial charge in [0.05, 0.1) is 11.8 Å². The van der Waals surface area contributed by atoms with Crippen molar-refractivity contribution in [3.8, 4) is 0 Å². The second-order valence-electron chi connectivity index (χ2n) is 8.23. The summed E-state index contributed by atoms with van der Waals surface area (Å²) in [5.74, 6) is 0.631. The van der Waals surface area contributed by atoms with Crippen LogP contribution in [-0.2, 0) is 6.54 Å². The standard InChI is InChI=1S/C20H33N3O/c1-16-13-23(14-17-7-4-6-11-21-17)12-9-18(16)22-15-20(2)10-5-3-8-19(20)24/h4,6-7,11,16,18-19,22,24H,3,5,8-10,12-15H2,1-2H3. The van der Waals surface area contributed by atoms with Gasteiger partial charge in [-0.1, -0.05) is 32.8 Å². The van der Waals surface area contributed by atoms with E-state index in [1.807, 2.05) is 12.3 Å². The third-order valence-electron chi connectivity index (χ3n) is 6.15. The van der Waals surface area contributed by atoms with Gasteiger partial charge < -0.3 is 10.4 Å². The zero-order chi connectivity index (χ0) is 17.0. The first-order valence-corrected chi connectivity index (χ1v) is 9.60. The Kier molecular flexibility index (Phi) is 5.90. The number of likely N-dealkylation sites (tertiary alicyclic amines) is 1. The van der Waals surface area contributed by atoms with Crippen molar-refractivity contribution in [2.75, 3.05) is 19.6 Å². The lowest BCUT2D eigenvalue weighted by molar-refractivity contribution is -0.00356. The van der Waals surface area contributed by atoms with Gasteiger partial charge in [-0.15, -0.1) is 0 Å². The molecule has 24 heavy (non-hydrogen) atoms. The number of rotatable bonds is 5. The van der Waals surface area contributed by atoms with Crippen LogP contribution in [0.1, 0.15) is 51.6 Å². The van der Waals surface area contributed by atoms with Crippen molar-refractivity contribution in [1.82, 2.24) is 15.2 Å². The Bertz CT molecular complexity index is 509. The Balaban J connectivity index is 1.47. The lowest BCUT2D eigenvalue weighted by atomic mass is 9.73. The average molecular weight is 332 g/mol. The molecule has 2 heterocycles. The summed E-state index contributed by atoms with van der Waals surface area (Å²) in [6.07, 6.45) is 7.47. The number of piperidine rings is 1. The number of pyridine rings is 1. The Morgan fingerprint density at radius 2 is 2.21 bits per heavy atom. The normalized spacial score (nSPS) is 35.0. The predicted octanol–water partition coefficient (Wildman–Crippen LogP) is 2.82. The first kappa shape index (κ1) is 17.8. The highest BCUT2D eigenvalue weighted by atomic mass is 16.3. The number of aromatic nitrogens is 1. The second-order valence-corrected chi connectivity index (χ2v) is 8.23. The minimum Gasteiger partial charge on any atom is -0.393 e. The zero-order valence-corrected chi connectivity index (χ0v) is 15.2. The van der Waals surface area contributed by atoms with E-state index in [9.17, 15) is 5.11 Å². The molecule has 0 amide bonds. The smallest absolute Gasteiger partial charge is 0.0605 e. The predicted molar refractivity (Wildman–Crippen MR) is 97.7 cm³/mol. The third-order valence-corrected chi connectivity index (χ3v) is 6.15. The van der Waals surface area contributed by atoms with E-state index in [1.165, 1.54) is 19.3 Å². The molecule has 1 aromatic heterocycles. The van der Waals surface area contributed by atoms with Gasteiger partial charge in [0.25, 0.3) is 0 Å². The van der Waals surface area contributed by atoms with Gasteiger partial charge in [0.1, 0.15) is 0 Å². The molecule has 1 aliphatic heterocycles. The quantitative estimate of drug-likeness (QED) is 0.871. The Labute approximate surface area is 146 Å². The van der Waals surface area contributed by atoms with E-state index in [-0.39, 0.29) is 11.5 Å². The van der Waals surface area contributed by atoms with E-state index in [0.29, 0.717) is 12.0 Å². The van der Waals surface area contributed by atoms with Crippen LogP contribution in [0.4, 0.5) is 0 Å². The van der Waals surface area contributed by atoms with Gasteiger partial charge in [-0.25, -0.2) is 0 Å². The number of nitrogens with zero attached hydrogens (tertiary/aromatic N) is 2. The molecule has 1 saturated carbocycles. The molecule has 1 aromatic rings. The van der Waals surface area contributed by atoms with Crippen LogP contribution in [0.5, 0.6) is 0 Å².